The van der Waals surface area contributed by atoms with Crippen molar-refractivity contribution < 1.29 is 4.79 Å². The first-order valence-electron chi connectivity index (χ1n) is 5.24. The van der Waals surface area contributed by atoms with Crippen LogP contribution in [0.5, 0.6) is 0 Å². The lowest BCUT2D eigenvalue weighted by atomic mass is 10.2. The Bertz CT molecular complexity index is 525. The number of carbonyl (C=O) groups is 1. The predicted octanol–water partition coefficient (Wildman–Crippen LogP) is 1.94. The lowest BCUT2D eigenvalue weighted by Crippen LogP contribution is -2.27. The summed E-state index contributed by atoms with van der Waals surface area (Å²) in [4.78, 5) is 17.6. The van der Waals surface area contributed by atoms with Crippen LogP contribution in [-0.2, 0) is 0 Å². The summed E-state index contributed by atoms with van der Waals surface area (Å²) in [6, 6.07) is 12.8. The van der Waals surface area contributed by atoms with Gasteiger partial charge in [-0.3, -0.25) is 4.79 Å². The molecule has 1 heterocycles. The van der Waals surface area contributed by atoms with E-state index in [-0.39, 0.29) is 11.7 Å². The predicted molar refractivity (Wildman–Crippen MR) is 67.8 cm³/mol. The molecule has 0 atom stereocenters. The Kier molecular flexibility index (Phi) is 3.05. The normalized spacial score (nSPS) is 9.94. The van der Waals surface area contributed by atoms with E-state index in [1.165, 1.54) is 0 Å². The monoisotopic (exact) mass is 227 g/mol. The number of hydrogen-bond donors (Lipinski definition) is 1. The van der Waals surface area contributed by atoms with E-state index in [0.717, 1.165) is 5.69 Å². The van der Waals surface area contributed by atoms with Crippen LogP contribution in [0.2, 0.25) is 0 Å². The molecular formula is C13H13N3O. The molecule has 0 saturated heterocycles. The van der Waals surface area contributed by atoms with Gasteiger partial charge in [0.1, 0.15) is 5.82 Å². The molecule has 4 nitrogen and oxygen atoms in total. The van der Waals surface area contributed by atoms with Gasteiger partial charge < -0.3 is 10.6 Å². The summed E-state index contributed by atoms with van der Waals surface area (Å²) in [6.07, 6.45) is 1.56. The number of para-hydroxylation sites is 1. The van der Waals surface area contributed by atoms with Crippen molar-refractivity contribution >= 4 is 17.4 Å². The number of anilines is 2. The zero-order valence-electron chi connectivity index (χ0n) is 9.50. The molecule has 17 heavy (non-hydrogen) atoms. The number of amides is 1. The first kappa shape index (κ1) is 11.1. The minimum Gasteiger partial charge on any atom is -0.383 e. The van der Waals surface area contributed by atoms with E-state index in [9.17, 15) is 4.79 Å². The number of pyridine rings is 1. The third-order valence-electron chi connectivity index (χ3n) is 2.52. The van der Waals surface area contributed by atoms with Gasteiger partial charge in [-0.1, -0.05) is 18.2 Å². The maximum Gasteiger partial charge on any atom is 0.261 e. The third kappa shape index (κ3) is 2.25. The quantitative estimate of drug-likeness (QED) is 0.852. The molecule has 0 aliphatic carbocycles. The van der Waals surface area contributed by atoms with Crippen molar-refractivity contribution in [2.45, 2.75) is 0 Å². The highest BCUT2D eigenvalue weighted by atomic mass is 16.2. The Hall–Kier alpha value is -2.36. The molecule has 1 aromatic heterocycles. The van der Waals surface area contributed by atoms with Crippen LogP contribution in [0, 0.1) is 0 Å². The van der Waals surface area contributed by atoms with Crippen molar-refractivity contribution in [3.8, 4) is 0 Å². The zero-order chi connectivity index (χ0) is 12.3. The number of rotatable bonds is 2. The lowest BCUT2D eigenvalue weighted by Gasteiger charge is -2.17. The van der Waals surface area contributed by atoms with E-state index in [4.69, 9.17) is 5.73 Å². The standard InChI is InChI=1S/C13H13N3O/c1-16(10-6-3-2-4-7-10)13(17)11-8-5-9-15-12(11)14/h2-9H,1H3,(H2,14,15). The first-order chi connectivity index (χ1) is 8.20. The van der Waals surface area contributed by atoms with E-state index in [1.807, 2.05) is 30.3 Å². The topological polar surface area (TPSA) is 59.2 Å². The lowest BCUT2D eigenvalue weighted by molar-refractivity contribution is 0.0993. The second-order valence-corrected chi connectivity index (χ2v) is 3.64. The van der Waals surface area contributed by atoms with Gasteiger partial charge in [0.25, 0.3) is 5.91 Å². The average molecular weight is 227 g/mol. The van der Waals surface area contributed by atoms with Gasteiger partial charge in [-0.15, -0.1) is 0 Å². The van der Waals surface area contributed by atoms with Gasteiger partial charge in [-0.05, 0) is 24.3 Å². The van der Waals surface area contributed by atoms with Gasteiger partial charge in [-0.25, -0.2) is 4.98 Å². The fraction of sp³-hybridized carbons (Fsp3) is 0.0769. The van der Waals surface area contributed by atoms with Crippen LogP contribution in [0.4, 0.5) is 11.5 Å². The van der Waals surface area contributed by atoms with E-state index >= 15 is 0 Å². The highest BCUT2D eigenvalue weighted by Crippen LogP contribution is 2.16. The smallest absolute Gasteiger partial charge is 0.261 e. The molecule has 0 fully saturated rings. The fourth-order valence-corrected chi connectivity index (χ4v) is 1.55. The van der Waals surface area contributed by atoms with Crippen molar-refractivity contribution in [1.82, 2.24) is 4.98 Å². The average Bonchev–Trinajstić information content (AvgIpc) is 2.39. The maximum absolute atomic E-state index is 12.2. The van der Waals surface area contributed by atoms with E-state index in [2.05, 4.69) is 4.98 Å². The van der Waals surface area contributed by atoms with Gasteiger partial charge in [-0.2, -0.15) is 0 Å². The number of nitrogen functional groups attached to an aromatic ring is 1. The minimum absolute atomic E-state index is 0.165. The summed E-state index contributed by atoms with van der Waals surface area (Å²) in [5, 5.41) is 0. The molecule has 1 amide bonds. The van der Waals surface area contributed by atoms with Crippen molar-refractivity contribution in [2.75, 3.05) is 17.7 Å². The molecule has 2 rings (SSSR count). The van der Waals surface area contributed by atoms with Crippen LogP contribution in [0.1, 0.15) is 10.4 Å². The van der Waals surface area contributed by atoms with Crippen molar-refractivity contribution in [3.05, 3.63) is 54.2 Å². The summed E-state index contributed by atoms with van der Waals surface area (Å²) >= 11 is 0. The van der Waals surface area contributed by atoms with Crippen molar-refractivity contribution in [2.24, 2.45) is 0 Å². The summed E-state index contributed by atoms with van der Waals surface area (Å²) in [5.41, 5.74) is 6.91. The van der Waals surface area contributed by atoms with E-state index in [1.54, 1.807) is 30.3 Å². The first-order valence-corrected chi connectivity index (χ1v) is 5.24. The Morgan fingerprint density at radius 1 is 1.18 bits per heavy atom. The summed E-state index contributed by atoms with van der Waals surface area (Å²) < 4.78 is 0. The van der Waals surface area contributed by atoms with Gasteiger partial charge in [0.05, 0.1) is 5.56 Å². The molecule has 0 aliphatic rings. The molecule has 2 N–H and O–H groups in total. The molecule has 0 saturated carbocycles. The van der Waals surface area contributed by atoms with Gasteiger partial charge >= 0.3 is 0 Å². The second-order valence-electron chi connectivity index (χ2n) is 3.64. The van der Waals surface area contributed by atoms with Crippen LogP contribution in [0.25, 0.3) is 0 Å². The summed E-state index contributed by atoms with van der Waals surface area (Å²) in [5.74, 6) is 0.0853. The summed E-state index contributed by atoms with van der Waals surface area (Å²) in [6.45, 7) is 0. The molecule has 2 aromatic rings. The van der Waals surface area contributed by atoms with Gasteiger partial charge in [0, 0.05) is 18.9 Å². The largest absolute Gasteiger partial charge is 0.383 e. The molecule has 4 heteroatoms. The SMILES string of the molecule is CN(C(=O)c1cccnc1N)c1ccccc1. The Labute approximate surface area is 99.7 Å². The number of benzene rings is 1. The van der Waals surface area contributed by atoms with Crippen LogP contribution in [0.3, 0.4) is 0 Å². The molecule has 0 spiro atoms. The number of nitrogens with zero attached hydrogens (tertiary/aromatic N) is 2. The fourth-order valence-electron chi connectivity index (χ4n) is 1.55. The van der Waals surface area contributed by atoms with Crippen LogP contribution >= 0.6 is 0 Å². The second kappa shape index (κ2) is 4.65. The Balaban J connectivity index is 2.30. The molecule has 0 aliphatic heterocycles. The van der Waals surface area contributed by atoms with Gasteiger partial charge in [0.15, 0.2) is 0 Å². The zero-order valence-corrected chi connectivity index (χ0v) is 9.50. The van der Waals surface area contributed by atoms with Crippen molar-refractivity contribution in [3.63, 3.8) is 0 Å². The number of hydrogen-bond acceptors (Lipinski definition) is 3. The highest BCUT2D eigenvalue weighted by molar-refractivity contribution is 6.08. The Morgan fingerprint density at radius 3 is 2.53 bits per heavy atom. The molecule has 86 valence electrons. The highest BCUT2D eigenvalue weighted by Gasteiger charge is 2.15. The summed E-state index contributed by atoms with van der Waals surface area (Å²) in [7, 11) is 1.71. The third-order valence-corrected chi connectivity index (χ3v) is 2.52. The Morgan fingerprint density at radius 2 is 1.88 bits per heavy atom. The number of aromatic nitrogens is 1. The molecular weight excluding hydrogens is 214 g/mol. The molecule has 1 aromatic carbocycles. The minimum atomic E-state index is -0.165. The van der Waals surface area contributed by atoms with Crippen LogP contribution in [0.15, 0.2) is 48.7 Å². The van der Waals surface area contributed by atoms with E-state index < -0.39 is 0 Å². The number of nitrogens with two attached hydrogens (primary N) is 1. The number of carbonyl (C=O) groups excluding carboxylic acids is 1. The molecule has 0 unspecified atom stereocenters. The maximum atomic E-state index is 12.2. The molecule has 0 radical (unpaired) electrons. The van der Waals surface area contributed by atoms with Crippen LogP contribution < -0.4 is 10.6 Å². The van der Waals surface area contributed by atoms with E-state index in [0.29, 0.717) is 5.56 Å². The van der Waals surface area contributed by atoms with Gasteiger partial charge in [0.2, 0.25) is 0 Å². The van der Waals surface area contributed by atoms with Crippen LogP contribution in [-0.4, -0.2) is 17.9 Å². The van der Waals surface area contributed by atoms with Crippen molar-refractivity contribution in [1.29, 1.82) is 0 Å². The molecule has 0 bridgehead atoms.